The van der Waals surface area contributed by atoms with Crippen LogP contribution in [0.2, 0.25) is 0 Å². The maximum Gasteiger partial charge on any atom is 0.243 e. The van der Waals surface area contributed by atoms with Crippen LogP contribution in [0.25, 0.3) is 5.69 Å². The van der Waals surface area contributed by atoms with Crippen LogP contribution in [0.5, 0.6) is 0 Å². The number of halogens is 1. The van der Waals surface area contributed by atoms with Crippen LogP contribution in [0.1, 0.15) is 17.8 Å². The number of anilines is 1. The molecular formula is C24H28FN5O3S. The van der Waals surface area contributed by atoms with Crippen LogP contribution in [0.15, 0.2) is 59.5 Å². The number of nitrogens with zero attached hydrogens (tertiary/aromatic N) is 4. The van der Waals surface area contributed by atoms with E-state index in [0.717, 1.165) is 29.2 Å². The van der Waals surface area contributed by atoms with Gasteiger partial charge >= 0.3 is 0 Å². The smallest absolute Gasteiger partial charge is 0.243 e. The Kier molecular flexibility index (Phi) is 7.11. The van der Waals surface area contributed by atoms with E-state index in [0.29, 0.717) is 31.7 Å². The maximum absolute atomic E-state index is 13.2. The summed E-state index contributed by atoms with van der Waals surface area (Å²) in [5.74, 6) is -0.652. The second kappa shape index (κ2) is 10.0. The van der Waals surface area contributed by atoms with Gasteiger partial charge in [0, 0.05) is 19.6 Å². The lowest BCUT2D eigenvalue weighted by Crippen LogP contribution is -2.38. The van der Waals surface area contributed by atoms with E-state index in [1.165, 1.54) is 16.4 Å². The highest BCUT2D eigenvalue weighted by atomic mass is 32.2. The first-order valence-corrected chi connectivity index (χ1v) is 12.6. The molecule has 1 amide bonds. The fourth-order valence-electron chi connectivity index (χ4n) is 4.13. The van der Waals surface area contributed by atoms with Gasteiger partial charge in [-0.1, -0.05) is 18.2 Å². The van der Waals surface area contributed by atoms with Crippen molar-refractivity contribution in [2.75, 3.05) is 38.0 Å². The lowest BCUT2D eigenvalue weighted by molar-refractivity contribution is -0.117. The number of hydrogen-bond acceptors (Lipinski definition) is 5. The van der Waals surface area contributed by atoms with E-state index in [2.05, 4.69) is 10.4 Å². The van der Waals surface area contributed by atoms with Crippen LogP contribution in [-0.4, -0.2) is 66.0 Å². The molecule has 0 atom stereocenters. The quantitative estimate of drug-likeness (QED) is 0.580. The minimum Gasteiger partial charge on any atom is -0.322 e. The minimum atomic E-state index is -3.71. The van der Waals surface area contributed by atoms with Crippen LogP contribution < -0.4 is 5.32 Å². The highest BCUT2D eigenvalue weighted by Crippen LogP contribution is 2.23. The summed E-state index contributed by atoms with van der Waals surface area (Å²) in [7, 11) is -3.71. The van der Waals surface area contributed by atoms with E-state index in [9.17, 15) is 17.6 Å². The lowest BCUT2D eigenvalue weighted by Gasteiger charge is -2.21. The number of benzene rings is 2. The van der Waals surface area contributed by atoms with Crippen LogP contribution in [0, 0.1) is 19.7 Å². The minimum absolute atomic E-state index is 0.0708. The van der Waals surface area contributed by atoms with E-state index in [1.807, 2.05) is 49.1 Å². The number of carbonyl (C=O) groups is 1. The van der Waals surface area contributed by atoms with E-state index in [-0.39, 0.29) is 23.9 Å². The first-order chi connectivity index (χ1) is 16.3. The molecular weight excluding hydrogens is 457 g/mol. The van der Waals surface area contributed by atoms with Crippen LogP contribution >= 0.6 is 0 Å². The molecule has 1 N–H and O–H groups in total. The van der Waals surface area contributed by atoms with E-state index < -0.39 is 15.8 Å². The predicted molar refractivity (Wildman–Crippen MR) is 128 cm³/mol. The Labute approximate surface area is 199 Å². The van der Waals surface area contributed by atoms with Crippen molar-refractivity contribution in [3.63, 3.8) is 0 Å². The number of amides is 1. The average molecular weight is 486 g/mol. The van der Waals surface area contributed by atoms with E-state index in [4.69, 9.17) is 0 Å². The number of nitrogens with one attached hydrogen (secondary N) is 1. The van der Waals surface area contributed by atoms with Gasteiger partial charge in [0.05, 0.1) is 34.2 Å². The van der Waals surface area contributed by atoms with E-state index >= 15 is 0 Å². The van der Waals surface area contributed by atoms with Crippen molar-refractivity contribution in [1.29, 1.82) is 0 Å². The Bertz CT molecular complexity index is 1260. The van der Waals surface area contributed by atoms with Crippen molar-refractivity contribution in [3.05, 3.63) is 71.8 Å². The third-order valence-corrected chi connectivity index (χ3v) is 7.84. The van der Waals surface area contributed by atoms with Crippen molar-refractivity contribution < 1.29 is 17.6 Å². The zero-order chi connectivity index (χ0) is 24.3. The standard InChI is InChI=1S/C24H28FN5O3S/c1-18-24(19(2)30(27-18)21-7-4-3-5-8-21)26-23(31)17-28-13-6-14-29(16-15-28)34(32,33)22-11-9-20(25)10-12-22/h3-5,7-12H,6,13-17H2,1-2H3,(H,26,31). The SMILES string of the molecule is Cc1nn(-c2ccccc2)c(C)c1NC(=O)CN1CCCN(S(=O)(=O)c2ccc(F)cc2)CC1. The molecule has 3 aromatic rings. The normalized spacial score (nSPS) is 15.7. The first kappa shape index (κ1) is 24.1. The van der Waals surface area contributed by atoms with Gasteiger partial charge in [0.15, 0.2) is 0 Å². The Morgan fingerprint density at radius 3 is 2.41 bits per heavy atom. The molecule has 8 nitrogen and oxygen atoms in total. The van der Waals surface area contributed by atoms with Crippen molar-refractivity contribution in [1.82, 2.24) is 19.0 Å². The second-order valence-corrected chi connectivity index (χ2v) is 10.3. The molecule has 1 aliphatic rings. The highest BCUT2D eigenvalue weighted by Gasteiger charge is 2.27. The summed E-state index contributed by atoms with van der Waals surface area (Å²) >= 11 is 0. The van der Waals surface area contributed by atoms with Crippen LogP contribution in [-0.2, 0) is 14.8 Å². The van der Waals surface area contributed by atoms with Crippen LogP contribution in [0.3, 0.4) is 0 Å². The summed E-state index contributed by atoms with van der Waals surface area (Å²) in [6.07, 6.45) is 0.595. The number of rotatable bonds is 6. The Hall–Kier alpha value is -3.08. The molecule has 0 unspecified atom stereocenters. The summed E-state index contributed by atoms with van der Waals surface area (Å²) in [6, 6.07) is 14.6. The molecule has 0 saturated carbocycles. The van der Waals surface area contributed by atoms with Gasteiger partial charge in [0.1, 0.15) is 5.82 Å². The fraction of sp³-hybridized carbons (Fsp3) is 0.333. The Morgan fingerprint density at radius 1 is 1.00 bits per heavy atom. The molecule has 0 spiro atoms. The molecule has 2 aromatic carbocycles. The summed E-state index contributed by atoms with van der Waals surface area (Å²) in [5.41, 5.74) is 3.16. The van der Waals surface area contributed by atoms with Gasteiger partial charge < -0.3 is 5.32 Å². The van der Waals surface area contributed by atoms with Gasteiger partial charge in [-0.05, 0) is 63.2 Å². The van der Waals surface area contributed by atoms with Gasteiger partial charge in [0.25, 0.3) is 0 Å². The molecule has 1 fully saturated rings. The number of para-hydroxylation sites is 1. The van der Waals surface area contributed by atoms with Gasteiger partial charge in [-0.3, -0.25) is 9.69 Å². The molecule has 4 rings (SSSR count). The monoisotopic (exact) mass is 485 g/mol. The number of sulfonamides is 1. The lowest BCUT2D eigenvalue weighted by atomic mass is 10.3. The summed E-state index contributed by atoms with van der Waals surface area (Å²) in [6.45, 7) is 5.55. The third kappa shape index (κ3) is 5.19. The first-order valence-electron chi connectivity index (χ1n) is 11.2. The van der Waals surface area contributed by atoms with Gasteiger partial charge in [-0.15, -0.1) is 0 Å². The zero-order valence-corrected chi connectivity index (χ0v) is 20.1. The number of aromatic nitrogens is 2. The van der Waals surface area contributed by atoms with Crippen molar-refractivity contribution in [2.45, 2.75) is 25.2 Å². The average Bonchev–Trinajstić information content (AvgIpc) is 2.97. The van der Waals surface area contributed by atoms with E-state index in [1.54, 1.807) is 4.68 Å². The number of hydrogen-bond donors (Lipinski definition) is 1. The largest absolute Gasteiger partial charge is 0.322 e. The third-order valence-electron chi connectivity index (χ3n) is 5.92. The van der Waals surface area contributed by atoms with Crippen molar-refractivity contribution >= 4 is 21.6 Å². The summed E-state index contributed by atoms with van der Waals surface area (Å²) < 4.78 is 42.2. The molecule has 0 aliphatic carbocycles. The molecule has 10 heteroatoms. The number of carbonyl (C=O) groups excluding carboxylic acids is 1. The predicted octanol–water partition coefficient (Wildman–Crippen LogP) is 2.96. The molecule has 0 bridgehead atoms. The van der Waals surface area contributed by atoms with Gasteiger partial charge in [-0.25, -0.2) is 17.5 Å². The fourth-order valence-corrected chi connectivity index (χ4v) is 5.60. The molecule has 180 valence electrons. The summed E-state index contributed by atoms with van der Waals surface area (Å²) in [4.78, 5) is 14.8. The van der Waals surface area contributed by atoms with Gasteiger partial charge in [-0.2, -0.15) is 9.40 Å². The van der Waals surface area contributed by atoms with Gasteiger partial charge in [0.2, 0.25) is 15.9 Å². The van der Waals surface area contributed by atoms with Crippen LogP contribution in [0.4, 0.5) is 10.1 Å². The Morgan fingerprint density at radius 2 is 1.71 bits per heavy atom. The molecule has 1 aliphatic heterocycles. The second-order valence-electron chi connectivity index (χ2n) is 8.33. The summed E-state index contributed by atoms with van der Waals surface area (Å²) in [5, 5.41) is 7.54. The number of aryl methyl sites for hydroxylation is 1. The zero-order valence-electron chi connectivity index (χ0n) is 19.2. The topological polar surface area (TPSA) is 87.5 Å². The molecule has 1 aromatic heterocycles. The molecule has 2 heterocycles. The molecule has 0 radical (unpaired) electrons. The Balaban J connectivity index is 1.38. The highest BCUT2D eigenvalue weighted by molar-refractivity contribution is 7.89. The molecule has 34 heavy (non-hydrogen) atoms. The molecule has 1 saturated heterocycles. The van der Waals surface area contributed by atoms with Crippen molar-refractivity contribution in [2.24, 2.45) is 0 Å². The van der Waals surface area contributed by atoms with Crippen molar-refractivity contribution in [3.8, 4) is 5.69 Å². The maximum atomic E-state index is 13.2.